The van der Waals surface area contributed by atoms with Gasteiger partial charge in [-0.15, -0.1) is 0 Å². The molecule has 5 rings (SSSR count). The normalized spacial score (nSPS) is 24.4. The third-order valence-corrected chi connectivity index (χ3v) is 6.70. The van der Waals surface area contributed by atoms with Crippen molar-refractivity contribution < 1.29 is 33.6 Å². The van der Waals surface area contributed by atoms with Gasteiger partial charge in [-0.3, -0.25) is 9.36 Å². The summed E-state index contributed by atoms with van der Waals surface area (Å²) in [5, 5.41) is 10.1. The summed E-state index contributed by atoms with van der Waals surface area (Å²) >= 11 is 6.15. The molecule has 0 aliphatic carbocycles. The number of hydrogen-bond acceptors (Lipinski definition) is 10. The molecule has 4 heterocycles. The van der Waals surface area contributed by atoms with Gasteiger partial charge in [-0.2, -0.15) is 0 Å². The van der Waals surface area contributed by atoms with Gasteiger partial charge in [0.05, 0.1) is 19.5 Å². The molecule has 2 aliphatic heterocycles. The van der Waals surface area contributed by atoms with Crippen molar-refractivity contribution in [1.29, 1.82) is 0 Å². The standard InChI is InChI=1S/C26H29ClN4O7/c1-2-11-35-19(33)6-4-3-5-12-34-17-9-7-16(8-10-17)26-37-21-18(13-32)36-25(22(21)38-26)31-15-30-20-23(27)28-14-29-24(20)31/h2,7-10,14-15,18,21-22,25-26,32H,1,3-6,11-13H2. The summed E-state index contributed by atoms with van der Waals surface area (Å²) in [5.41, 5.74) is 1.79. The van der Waals surface area contributed by atoms with Gasteiger partial charge in [0.15, 0.2) is 23.3 Å². The first-order valence-corrected chi connectivity index (χ1v) is 12.9. The van der Waals surface area contributed by atoms with Crippen molar-refractivity contribution in [2.45, 2.75) is 56.5 Å². The molecule has 12 heteroatoms. The van der Waals surface area contributed by atoms with Crippen LogP contribution in [0.2, 0.25) is 5.15 Å². The van der Waals surface area contributed by atoms with Gasteiger partial charge in [-0.1, -0.05) is 36.4 Å². The van der Waals surface area contributed by atoms with Crippen LogP contribution in [0.1, 0.15) is 43.8 Å². The van der Waals surface area contributed by atoms with Crippen LogP contribution in [-0.2, 0) is 23.7 Å². The number of esters is 1. The SMILES string of the molecule is C=CCOC(=O)CCCCCOc1ccc(C2OC3C(CO)OC(n4cnc5c(Cl)ncnc54)C3O2)cc1. The van der Waals surface area contributed by atoms with Crippen LogP contribution < -0.4 is 4.74 Å². The number of halogens is 1. The second-order valence-corrected chi connectivity index (χ2v) is 9.33. The maximum atomic E-state index is 11.5. The molecule has 0 saturated carbocycles. The zero-order valence-corrected chi connectivity index (χ0v) is 21.4. The summed E-state index contributed by atoms with van der Waals surface area (Å²) in [5.74, 6) is 0.523. The lowest BCUT2D eigenvalue weighted by molar-refractivity contribution is -0.153. The maximum Gasteiger partial charge on any atom is 0.306 e. The largest absolute Gasteiger partial charge is 0.494 e. The number of benzene rings is 1. The van der Waals surface area contributed by atoms with Gasteiger partial charge in [0.1, 0.15) is 42.5 Å². The van der Waals surface area contributed by atoms with E-state index in [0.29, 0.717) is 24.2 Å². The van der Waals surface area contributed by atoms with E-state index in [4.69, 9.17) is 35.3 Å². The number of hydrogen-bond donors (Lipinski definition) is 1. The zero-order valence-electron chi connectivity index (χ0n) is 20.6. The smallest absolute Gasteiger partial charge is 0.306 e. The molecule has 0 bridgehead atoms. The predicted octanol–water partition coefficient (Wildman–Crippen LogP) is 3.52. The molecule has 5 atom stereocenters. The minimum atomic E-state index is -0.631. The van der Waals surface area contributed by atoms with Crippen molar-refractivity contribution in [3.63, 3.8) is 0 Å². The van der Waals surface area contributed by atoms with E-state index in [1.54, 1.807) is 17.0 Å². The highest BCUT2D eigenvalue weighted by molar-refractivity contribution is 6.33. The van der Waals surface area contributed by atoms with Crippen LogP contribution >= 0.6 is 11.6 Å². The van der Waals surface area contributed by atoms with E-state index in [1.165, 1.54) is 6.33 Å². The average Bonchev–Trinajstić information content (AvgIpc) is 3.64. The summed E-state index contributed by atoms with van der Waals surface area (Å²) in [4.78, 5) is 24.0. The van der Waals surface area contributed by atoms with Gasteiger partial charge in [0.2, 0.25) is 0 Å². The van der Waals surface area contributed by atoms with E-state index in [9.17, 15) is 9.90 Å². The number of rotatable bonds is 12. The lowest BCUT2D eigenvalue weighted by Gasteiger charge is -2.21. The Morgan fingerprint density at radius 1 is 1.11 bits per heavy atom. The highest BCUT2D eigenvalue weighted by Gasteiger charge is 2.53. The second-order valence-electron chi connectivity index (χ2n) is 8.97. The number of unbranched alkanes of at least 4 members (excludes halogenated alkanes) is 2. The van der Waals surface area contributed by atoms with Gasteiger partial charge in [0, 0.05) is 12.0 Å². The van der Waals surface area contributed by atoms with Crippen molar-refractivity contribution in [3.8, 4) is 5.75 Å². The molecule has 3 aromatic rings. The molecule has 0 radical (unpaired) electrons. The molecule has 1 N–H and O–H groups in total. The van der Waals surface area contributed by atoms with E-state index < -0.39 is 30.8 Å². The third-order valence-electron chi connectivity index (χ3n) is 6.42. The molecule has 2 fully saturated rings. The first kappa shape index (κ1) is 26.5. The van der Waals surface area contributed by atoms with Crippen molar-refractivity contribution >= 4 is 28.7 Å². The topological polar surface area (TPSA) is 127 Å². The van der Waals surface area contributed by atoms with E-state index in [1.807, 2.05) is 24.3 Å². The number of aliphatic hydroxyl groups is 1. The van der Waals surface area contributed by atoms with E-state index in [0.717, 1.165) is 30.6 Å². The van der Waals surface area contributed by atoms with Gasteiger partial charge in [-0.25, -0.2) is 15.0 Å². The fraction of sp³-hybridized carbons (Fsp3) is 0.462. The third kappa shape index (κ3) is 5.67. The number of carbonyl (C=O) groups excluding carboxylic acids is 1. The van der Waals surface area contributed by atoms with Gasteiger partial charge in [-0.05, 0) is 31.4 Å². The number of aromatic nitrogens is 4. The van der Waals surface area contributed by atoms with Crippen LogP contribution in [0.5, 0.6) is 5.75 Å². The van der Waals surface area contributed by atoms with Gasteiger partial charge >= 0.3 is 5.97 Å². The number of fused-ring (bicyclic) bond motifs is 2. The summed E-state index contributed by atoms with van der Waals surface area (Å²) in [6.45, 7) is 4.09. The molecule has 2 aliphatic rings. The maximum absolute atomic E-state index is 11.5. The number of nitrogens with zero attached hydrogens (tertiary/aromatic N) is 4. The first-order valence-electron chi connectivity index (χ1n) is 12.5. The van der Waals surface area contributed by atoms with Crippen LogP contribution in [0.25, 0.3) is 11.2 Å². The van der Waals surface area contributed by atoms with Crippen LogP contribution in [-0.4, -0.2) is 68.7 Å². The Hall–Kier alpha value is -3.09. The fourth-order valence-corrected chi connectivity index (χ4v) is 4.73. The fourth-order valence-electron chi connectivity index (χ4n) is 4.56. The Morgan fingerprint density at radius 3 is 2.71 bits per heavy atom. The van der Waals surface area contributed by atoms with Crippen molar-refractivity contribution in [2.24, 2.45) is 0 Å². The molecule has 2 aromatic heterocycles. The van der Waals surface area contributed by atoms with Crippen LogP contribution in [0.3, 0.4) is 0 Å². The Labute approximate surface area is 224 Å². The summed E-state index contributed by atoms with van der Waals surface area (Å²) in [6.07, 6.45) is 4.56. The molecule has 38 heavy (non-hydrogen) atoms. The van der Waals surface area contributed by atoms with Crippen LogP contribution in [0, 0.1) is 0 Å². The van der Waals surface area contributed by atoms with E-state index in [2.05, 4.69) is 21.5 Å². The molecule has 0 amide bonds. The lowest BCUT2D eigenvalue weighted by Crippen LogP contribution is -2.30. The molecule has 1 aromatic carbocycles. The van der Waals surface area contributed by atoms with Gasteiger partial charge < -0.3 is 28.8 Å². The Kier molecular flexibility index (Phi) is 8.50. The second kappa shape index (κ2) is 12.2. The molecular weight excluding hydrogens is 516 g/mol. The van der Waals surface area contributed by atoms with Crippen LogP contribution in [0.15, 0.2) is 49.6 Å². The van der Waals surface area contributed by atoms with Crippen LogP contribution in [0.4, 0.5) is 0 Å². The molecule has 202 valence electrons. The van der Waals surface area contributed by atoms with Crippen molar-refractivity contribution in [3.05, 3.63) is 60.3 Å². The lowest BCUT2D eigenvalue weighted by atomic mass is 10.1. The van der Waals surface area contributed by atoms with Crippen molar-refractivity contribution in [2.75, 3.05) is 19.8 Å². The predicted molar refractivity (Wildman–Crippen MR) is 135 cm³/mol. The highest BCUT2D eigenvalue weighted by Crippen LogP contribution is 2.44. The monoisotopic (exact) mass is 544 g/mol. The Bertz CT molecular complexity index is 1250. The number of ether oxygens (including phenoxy) is 5. The molecule has 2 saturated heterocycles. The molecule has 5 unspecified atom stereocenters. The minimum Gasteiger partial charge on any atom is -0.494 e. The van der Waals surface area contributed by atoms with E-state index >= 15 is 0 Å². The van der Waals surface area contributed by atoms with Crippen molar-refractivity contribution in [1.82, 2.24) is 19.5 Å². The molecule has 11 nitrogen and oxygen atoms in total. The zero-order chi connectivity index (χ0) is 26.5. The van der Waals surface area contributed by atoms with E-state index in [-0.39, 0.29) is 24.3 Å². The summed E-state index contributed by atoms with van der Waals surface area (Å²) in [7, 11) is 0. The first-order chi connectivity index (χ1) is 18.6. The van der Waals surface area contributed by atoms with Gasteiger partial charge in [0.25, 0.3) is 0 Å². The number of aliphatic hydroxyl groups excluding tert-OH is 1. The molecular formula is C26H29ClN4O7. The Morgan fingerprint density at radius 2 is 1.92 bits per heavy atom. The summed E-state index contributed by atoms with van der Waals surface area (Å²) < 4.78 is 31.0. The minimum absolute atomic E-state index is 0.207. The summed E-state index contributed by atoms with van der Waals surface area (Å²) in [6, 6.07) is 7.51. The molecule has 0 spiro atoms. The Balaban J connectivity index is 1.15. The number of imidazole rings is 1. The highest BCUT2D eigenvalue weighted by atomic mass is 35.5. The average molecular weight is 545 g/mol. The quantitative estimate of drug-likeness (QED) is 0.156. The number of carbonyl (C=O) groups is 1.